The number of rotatable bonds is 5. The van der Waals surface area contributed by atoms with Gasteiger partial charge in [0.15, 0.2) is 0 Å². The average molecular weight is 427 g/mol. The number of likely N-dealkylation sites (tertiary alicyclic amines) is 1. The first-order chi connectivity index (χ1) is 15.0. The van der Waals surface area contributed by atoms with Gasteiger partial charge in [0.05, 0.1) is 18.8 Å². The van der Waals surface area contributed by atoms with Crippen LogP contribution >= 0.6 is 0 Å². The fourth-order valence-corrected chi connectivity index (χ4v) is 4.44. The smallest absolute Gasteiger partial charge is 0.295 e. The Labute approximate surface area is 182 Å². The molecule has 8 heteroatoms. The Morgan fingerprint density at radius 3 is 2.45 bits per heavy atom. The fourth-order valence-electron chi connectivity index (χ4n) is 4.44. The minimum absolute atomic E-state index is 0.0159. The molecule has 0 atom stereocenters. The molecule has 31 heavy (non-hydrogen) atoms. The highest BCUT2D eigenvalue weighted by atomic mass is 16.5. The highest BCUT2D eigenvalue weighted by Gasteiger charge is 2.30. The average Bonchev–Trinajstić information content (AvgIpc) is 3.17. The molecule has 0 bridgehead atoms. The summed E-state index contributed by atoms with van der Waals surface area (Å²) in [6, 6.07) is 7.51. The number of benzene rings is 1. The van der Waals surface area contributed by atoms with Crippen molar-refractivity contribution in [3.8, 4) is 0 Å². The molecule has 8 nitrogen and oxygen atoms in total. The van der Waals surface area contributed by atoms with E-state index in [1.54, 1.807) is 27.6 Å². The van der Waals surface area contributed by atoms with Crippen LogP contribution in [0.4, 0.5) is 0 Å². The van der Waals surface area contributed by atoms with Gasteiger partial charge in [0.1, 0.15) is 6.54 Å². The summed E-state index contributed by atoms with van der Waals surface area (Å²) in [5.74, 6) is -1.02. The van der Waals surface area contributed by atoms with Crippen LogP contribution in [0.5, 0.6) is 0 Å². The van der Waals surface area contributed by atoms with Crippen LogP contribution in [0.2, 0.25) is 0 Å². The van der Waals surface area contributed by atoms with Gasteiger partial charge in [0.2, 0.25) is 5.91 Å². The van der Waals surface area contributed by atoms with Crippen LogP contribution < -0.4 is 0 Å². The van der Waals surface area contributed by atoms with Crippen molar-refractivity contribution in [1.82, 2.24) is 19.3 Å². The van der Waals surface area contributed by atoms with Crippen molar-refractivity contribution in [2.24, 2.45) is 0 Å². The number of para-hydroxylation sites is 1. The highest BCUT2D eigenvalue weighted by molar-refractivity contribution is 6.44. The van der Waals surface area contributed by atoms with Gasteiger partial charge < -0.3 is 24.0 Å². The summed E-state index contributed by atoms with van der Waals surface area (Å²) in [7, 11) is 3.79. The van der Waals surface area contributed by atoms with Crippen LogP contribution in [0.15, 0.2) is 30.5 Å². The molecule has 2 aliphatic rings. The number of ether oxygens (including phenoxy) is 1. The van der Waals surface area contributed by atoms with Crippen molar-refractivity contribution in [1.29, 1.82) is 0 Å². The van der Waals surface area contributed by atoms with Gasteiger partial charge in [-0.1, -0.05) is 18.2 Å². The van der Waals surface area contributed by atoms with Crippen molar-refractivity contribution >= 4 is 28.5 Å². The van der Waals surface area contributed by atoms with E-state index in [-0.39, 0.29) is 18.5 Å². The molecule has 2 aliphatic heterocycles. The van der Waals surface area contributed by atoms with Crippen LogP contribution in [0.3, 0.4) is 0 Å². The van der Waals surface area contributed by atoms with E-state index in [9.17, 15) is 14.4 Å². The number of carbonyl (C=O) groups is 3. The van der Waals surface area contributed by atoms with E-state index >= 15 is 0 Å². The number of nitrogens with zero attached hydrogens (tertiary/aromatic N) is 4. The predicted molar refractivity (Wildman–Crippen MR) is 117 cm³/mol. The number of likely N-dealkylation sites (N-methyl/N-ethyl adjacent to an activating group) is 1. The monoisotopic (exact) mass is 426 g/mol. The predicted octanol–water partition coefficient (Wildman–Crippen LogP) is 1.24. The Kier molecular flexibility index (Phi) is 6.38. The first-order valence-corrected chi connectivity index (χ1v) is 10.9. The van der Waals surface area contributed by atoms with Gasteiger partial charge >= 0.3 is 0 Å². The zero-order chi connectivity index (χ0) is 22.0. The lowest BCUT2D eigenvalue weighted by molar-refractivity contribution is -0.135. The molecule has 0 spiro atoms. The van der Waals surface area contributed by atoms with Gasteiger partial charge in [-0.3, -0.25) is 14.4 Å². The normalized spacial score (nSPS) is 18.3. The van der Waals surface area contributed by atoms with Gasteiger partial charge in [-0.15, -0.1) is 0 Å². The lowest BCUT2D eigenvalue weighted by atomic mass is 10.0. The van der Waals surface area contributed by atoms with Gasteiger partial charge in [-0.2, -0.15) is 0 Å². The third-order valence-corrected chi connectivity index (χ3v) is 6.45. The fraction of sp³-hybridized carbons (Fsp3) is 0.522. The maximum atomic E-state index is 13.2. The van der Waals surface area contributed by atoms with Crippen LogP contribution in [-0.4, -0.2) is 96.4 Å². The van der Waals surface area contributed by atoms with Crippen molar-refractivity contribution in [3.63, 3.8) is 0 Å². The molecule has 2 aromatic rings. The molecule has 3 heterocycles. The van der Waals surface area contributed by atoms with Gasteiger partial charge in [0, 0.05) is 43.3 Å². The largest absolute Gasteiger partial charge is 0.378 e. The minimum Gasteiger partial charge on any atom is -0.378 e. The molecule has 2 amide bonds. The molecule has 1 aromatic carbocycles. The maximum absolute atomic E-state index is 13.2. The van der Waals surface area contributed by atoms with Crippen LogP contribution in [0.25, 0.3) is 10.9 Å². The lowest BCUT2D eigenvalue weighted by Crippen LogP contribution is -2.46. The second kappa shape index (κ2) is 9.20. The number of aromatic nitrogens is 1. The Bertz CT molecular complexity index is 971. The third kappa shape index (κ3) is 4.50. The van der Waals surface area contributed by atoms with Gasteiger partial charge in [-0.05, 0) is 39.0 Å². The SMILES string of the molecule is CN1CCC(N(C)C(=O)C(=O)c2cn(CC(=O)N3CCOCC3)c3ccccc23)CC1. The van der Waals surface area contributed by atoms with Crippen LogP contribution in [0, 0.1) is 0 Å². The number of carbonyl (C=O) groups excluding carboxylic acids is 3. The molecule has 1 aromatic heterocycles. The van der Waals surface area contributed by atoms with E-state index in [0.717, 1.165) is 31.4 Å². The van der Waals surface area contributed by atoms with Crippen LogP contribution in [0.1, 0.15) is 23.2 Å². The zero-order valence-electron chi connectivity index (χ0n) is 18.2. The highest BCUT2D eigenvalue weighted by Crippen LogP contribution is 2.24. The Morgan fingerprint density at radius 1 is 1.06 bits per heavy atom. The van der Waals surface area contributed by atoms with E-state index in [1.807, 2.05) is 24.3 Å². The number of hydrogen-bond donors (Lipinski definition) is 0. The van der Waals surface area contributed by atoms with E-state index in [4.69, 9.17) is 4.74 Å². The second-order valence-electron chi connectivity index (χ2n) is 8.46. The van der Waals surface area contributed by atoms with E-state index < -0.39 is 11.7 Å². The number of hydrogen-bond acceptors (Lipinski definition) is 5. The number of Topliss-reactive ketones (excluding diaryl/α,β-unsaturated/α-hetero) is 1. The molecular formula is C23H30N4O4. The Hall–Kier alpha value is -2.71. The quantitative estimate of drug-likeness (QED) is 0.531. The second-order valence-corrected chi connectivity index (χ2v) is 8.46. The third-order valence-electron chi connectivity index (χ3n) is 6.45. The minimum atomic E-state index is -0.518. The van der Waals surface area contributed by atoms with Crippen molar-refractivity contribution in [2.45, 2.75) is 25.4 Å². The molecule has 0 unspecified atom stereocenters. The Balaban J connectivity index is 1.55. The lowest BCUT2D eigenvalue weighted by Gasteiger charge is -2.34. The van der Waals surface area contributed by atoms with Crippen molar-refractivity contribution in [3.05, 3.63) is 36.0 Å². The van der Waals surface area contributed by atoms with Gasteiger partial charge in [0.25, 0.3) is 11.7 Å². The molecule has 0 N–H and O–H groups in total. The summed E-state index contributed by atoms with van der Waals surface area (Å²) in [5.41, 5.74) is 1.14. The molecule has 0 radical (unpaired) electrons. The molecule has 2 saturated heterocycles. The zero-order valence-corrected chi connectivity index (χ0v) is 18.2. The van der Waals surface area contributed by atoms with Gasteiger partial charge in [-0.25, -0.2) is 0 Å². The topological polar surface area (TPSA) is 75.1 Å². The summed E-state index contributed by atoms with van der Waals surface area (Å²) in [6.07, 6.45) is 3.38. The molecule has 4 rings (SSSR count). The number of morpholine rings is 1. The maximum Gasteiger partial charge on any atom is 0.295 e. The number of fused-ring (bicyclic) bond motifs is 1. The standard InChI is InChI=1S/C23H30N4O4/c1-24-9-7-17(8-10-24)25(2)23(30)22(29)19-15-27(20-6-4-3-5-18(19)20)16-21(28)26-11-13-31-14-12-26/h3-6,15,17H,7-14,16H2,1-2H3. The summed E-state index contributed by atoms with van der Waals surface area (Å²) in [5, 5.41) is 0.701. The number of piperidine rings is 1. The summed E-state index contributed by atoms with van der Waals surface area (Å²) in [6.45, 7) is 4.19. The Morgan fingerprint density at radius 2 is 1.74 bits per heavy atom. The summed E-state index contributed by atoms with van der Waals surface area (Å²) in [4.78, 5) is 44.5. The molecule has 166 valence electrons. The van der Waals surface area contributed by atoms with Crippen molar-refractivity contribution in [2.75, 3.05) is 53.5 Å². The summed E-state index contributed by atoms with van der Waals surface area (Å²) < 4.78 is 7.10. The number of amides is 2. The van der Waals surface area contributed by atoms with Crippen molar-refractivity contribution < 1.29 is 19.1 Å². The van der Waals surface area contributed by atoms with E-state index in [0.29, 0.717) is 37.3 Å². The summed E-state index contributed by atoms with van der Waals surface area (Å²) >= 11 is 0. The first-order valence-electron chi connectivity index (χ1n) is 10.9. The van der Waals surface area contributed by atoms with Crippen LogP contribution in [-0.2, 0) is 20.9 Å². The molecule has 0 saturated carbocycles. The van der Waals surface area contributed by atoms with E-state index in [1.165, 1.54) is 0 Å². The molecule has 0 aliphatic carbocycles. The van der Waals surface area contributed by atoms with E-state index in [2.05, 4.69) is 11.9 Å². The number of ketones is 1. The molecule has 2 fully saturated rings. The first kappa shape index (κ1) is 21.5. The molecular weight excluding hydrogens is 396 g/mol.